The van der Waals surface area contributed by atoms with E-state index in [0.29, 0.717) is 5.92 Å². The number of thiazole rings is 1. The highest BCUT2D eigenvalue weighted by Gasteiger charge is 2.38. The van der Waals surface area contributed by atoms with Crippen LogP contribution in [0.15, 0.2) is 17.8 Å². The minimum absolute atomic E-state index is 0.364. The zero-order chi connectivity index (χ0) is 22.4. The molecular weight excluding hydrogens is 433 g/mol. The fraction of sp³-hybridized carbons (Fsp3) is 0.650. The van der Waals surface area contributed by atoms with Gasteiger partial charge < -0.3 is 9.84 Å². The number of methoxy groups -OCH3 is 1. The van der Waals surface area contributed by atoms with E-state index in [9.17, 15) is 13.2 Å². The van der Waals surface area contributed by atoms with Crippen LogP contribution in [0.5, 0.6) is 0 Å². The molecule has 1 aliphatic carbocycles. The van der Waals surface area contributed by atoms with Crippen molar-refractivity contribution >= 4 is 17.3 Å². The van der Waals surface area contributed by atoms with Crippen LogP contribution in [-0.4, -0.2) is 57.2 Å². The number of alkyl halides is 3. The van der Waals surface area contributed by atoms with E-state index in [-0.39, 0.29) is 0 Å². The summed E-state index contributed by atoms with van der Waals surface area (Å²) in [5.41, 5.74) is 2.63. The summed E-state index contributed by atoms with van der Waals surface area (Å²) in [4.78, 5) is 15.8. The molecule has 7 nitrogen and oxygen atoms in total. The Morgan fingerprint density at radius 1 is 1.35 bits per heavy atom. The van der Waals surface area contributed by atoms with E-state index in [1.54, 1.807) is 18.4 Å². The third kappa shape index (κ3) is 6.75. The lowest BCUT2D eigenvalue weighted by Gasteiger charge is -2.30. The summed E-state index contributed by atoms with van der Waals surface area (Å²) < 4.78 is 39.4. The van der Waals surface area contributed by atoms with Crippen molar-refractivity contribution < 1.29 is 27.8 Å². The maximum absolute atomic E-state index is 10.6. The lowest BCUT2D eigenvalue weighted by atomic mass is 9.97. The predicted octanol–water partition coefficient (Wildman–Crippen LogP) is 3.91. The number of aromatic nitrogens is 3. The van der Waals surface area contributed by atoms with Crippen LogP contribution in [0.1, 0.15) is 47.9 Å². The summed E-state index contributed by atoms with van der Waals surface area (Å²) in [5.74, 6) is -1.57. The molecule has 2 aliphatic rings. The van der Waals surface area contributed by atoms with Gasteiger partial charge in [0, 0.05) is 56.0 Å². The molecule has 31 heavy (non-hydrogen) atoms. The zero-order valence-corrected chi connectivity index (χ0v) is 18.2. The van der Waals surface area contributed by atoms with Crippen molar-refractivity contribution in [2.75, 3.05) is 20.3 Å². The molecule has 2 aromatic rings. The molecule has 0 radical (unpaired) electrons. The molecule has 1 aliphatic heterocycles. The molecule has 1 saturated carbocycles. The van der Waals surface area contributed by atoms with Crippen LogP contribution in [-0.2, 0) is 29.2 Å². The van der Waals surface area contributed by atoms with E-state index in [0.717, 1.165) is 38.7 Å². The van der Waals surface area contributed by atoms with E-state index in [4.69, 9.17) is 19.7 Å². The number of nitrogens with zero attached hydrogens (tertiary/aromatic N) is 4. The second kappa shape index (κ2) is 10.6. The van der Waals surface area contributed by atoms with Gasteiger partial charge in [0.2, 0.25) is 0 Å². The van der Waals surface area contributed by atoms with Crippen LogP contribution < -0.4 is 0 Å². The Hall–Kier alpha value is -1.98. The fourth-order valence-corrected chi connectivity index (χ4v) is 4.83. The third-order valence-corrected chi connectivity index (χ3v) is 6.27. The maximum atomic E-state index is 10.6. The van der Waals surface area contributed by atoms with Gasteiger partial charge >= 0.3 is 12.1 Å². The molecular formula is C20H27F3N4O3S. The molecule has 4 rings (SSSR count). The van der Waals surface area contributed by atoms with Gasteiger partial charge in [-0.1, -0.05) is 12.8 Å². The van der Waals surface area contributed by atoms with E-state index in [1.807, 2.05) is 6.20 Å². The molecule has 2 aromatic heterocycles. The number of fused-ring (bicyclic) bond motifs is 1. The van der Waals surface area contributed by atoms with Crippen LogP contribution in [0.3, 0.4) is 0 Å². The van der Waals surface area contributed by atoms with Gasteiger partial charge in [-0.3, -0.25) is 9.58 Å². The molecule has 1 unspecified atom stereocenters. The number of hydrogen-bond donors (Lipinski definition) is 1. The predicted molar refractivity (Wildman–Crippen MR) is 109 cm³/mol. The quantitative estimate of drug-likeness (QED) is 0.704. The molecule has 0 spiro atoms. The number of rotatable bonds is 6. The topological polar surface area (TPSA) is 80.5 Å². The second-order valence-corrected chi connectivity index (χ2v) is 8.94. The second-order valence-electron chi connectivity index (χ2n) is 7.96. The largest absolute Gasteiger partial charge is 0.490 e. The number of carboxylic acid groups (broad SMARTS) is 1. The molecule has 1 N–H and O–H groups in total. The van der Waals surface area contributed by atoms with Crippen molar-refractivity contribution in [3.8, 4) is 0 Å². The number of halogens is 3. The number of hydrogen-bond acceptors (Lipinski definition) is 6. The van der Waals surface area contributed by atoms with Gasteiger partial charge in [0.25, 0.3) is 0 Å². The first kappa shape index (κ1) is 23.7. The van der Waals surface area contributed by atoms with Gasteiger partial charge in [-0.05, 0) is 18.8 Å². The molecule has 1 atom stereocenters. The highest BCUT2D eigenvalue weighted by atomic mass is 32.1. The Bertz CT molecular complexity index is 835. The standard InChI is InChI=1S/C18H26N4OS.C2HF3O2/c1-23-13-16-10-21(12-17-19-6-7-24-17)9-15-11-22(20-18(15)16)8-14-4-2-3-5-14;3-2(4,5)1(6)7/h6-7,11,14,16H,2-5,8-10,12-13H2,1H3;(H,6,7). The van der Waals surface area contributed by atoms with Gasteiger partial charge in [-0.15, -0.1) is 11.3 Å². The Labute approximate surface area is 182 Å². The summed E-state index contributed by atoms with van der Waals surface area (Å²) in [5, 5.41) is 15.3. The van der Waals surface area contributed by atoms with E-state index in [1.165, 1.54) is 41.9 Å². The zero-order valence-electron chi connectivity index (χ0n) is 17.3. The van der Waals surface area contributed by atoms with Crippen LogP contribution in [0, 0.1) is 5.92 Å². The van der Waals surface area contributed by atoms with Gasteiger partial charge in [-0.25, -0.2) is 9.78 Å². The summed E-state index contributed by atoms with van der Waals surface area (Å²) >= 11 is 1.73. The van der Waals surface area contributed by atoms with E-state index >= 15 is 0 Å². The summed E-state index contributed by atoms with van der Waals surface area (Å²) in [7, 11) is 1.79. The highest BCUT2D eigenvalue weighted by molar-refractivity contribution is 7.09. The average molecular weight is 461 g/mol. The third-order valence-electron chi connectivity index (χ3n) is 5.50. The monoisotopic (exact) mass is 460 g/mol. The van der Waals surface area contributed by atoms with Crippen LogP contribution in [0.4, 0.5) is 13.2 Å². The SMILES string of the molecule is COCC1CN(Cc2nccs2)Cc2cn(CC3CCCC3)nc21.O=C(O)C(F)(F)F. The summed E-state index contributed by atoms with van der Waals surface area (Å²) in [6.45, 7) is 4.72. The number of carboxylic acids is 1. The first-order valence-corrected chi connectivity index (χ1v) is 11.1. The van der Waals surface area contributed by atoms with Crippen molar-refractivity contribution in [1.29, 1.82) is 0 Å². The Balaban J connectivity index is 0.000000339. The molecule has 0 amide bonds. The molecule has 0 aromatic carbocycles. The van der Waals surface area contributed by atoms with Gasteiger partial charge in [0.15, 0.2) is 0 Å². The first-order valence-electron chi connectivity index (χ1n) is 10.2. The lowest BCUT2D eigenvalue weighted by molar-refractivity contribution is -0.192. The molecule has 0 bridgehead atoms. The molecule has 11 heteroatoms. The van der Waals surface area contributed by atoms with Crippen molar-refractivity contribution in [2.24, 2.45) is 5.92 Å². The molecule has 0 saturated heterocycles. The van der Waals surface area contributed by atoms with E-state index < -0.39 is 12.1 Å². The van der Waals surface area contributed by atoms with Crippen molar-refractivity contribution in [2.45, 2.75) is 57.4 Å². The minimum atomic E-state index is -5.08. The summed E-state index contributed by atoms with van der Waals surface area (Å²) in [6.07, 6.45) is 4.59. The maximum Gasteiger partial charge on any atom is 0.490 e. The molecule has 172 valence electrons. The normalized spacial score (nSPS) is 19.7. The minimum Gasteiger partial charge on any atom is -0.475 e. The smallest absolute Gasteiger partial charge is 0.475 e. The average Bonchev–Trinajstić information content (AvgIpc) is 3.44. The van der Waals surface area contributed by atoms with E-state index in [2.05, 4.69) is 26.1 Å². The van der Waals surface area contributed by atoms with Crippen molar-refractivity contribution in [3.63, 3.8) is 0 Å². The number of ether oxygens (including phenoxy) is 1. The van der Waals surface area contributed by atoms with Crippen LogP contribution >= 0.6 is 11.3 Å². The number of aliphatic carboxylic acids is 1. The van der Waals surface area contributed by atoms with Crippen molar-refractivity contribution in [3.05, 3.63) is 34.0 Å². The molecule has 3 heterocycles. The number of carbonyl (C=O) groups is 1. The summed E-state index contributed by atoms with van der Waals surface area (Å²) in [6, 6.07) is 0. The highest BCUT2D eigenvalue weighted by Crippen LogP contribution is 2.31. The first-order chi connectivity index (χ1) is 14.8. The Kier molecular flexibility index (Phi) is 8.06. The van der Waals surface area contributed by atoms with Gasteiger partial charge in [0.05, 0.1) is 18.8 Å². The van der Waals surface area contributed by atoms with Gasteiger partial charge in [-0.2, -0.15) is 18.3 Å². The van der Waals surface area contributed by atoms with Crippen LogP contribution in [0.2, 0.25) is 0 Å². The lowest BCUT2D eigenvalue weighted by Crippen LogP contribution is -2.34. The Morgan fingerprint density at radius 2 is 2.06 bits per heavy atom. The fourth-order valence-electron chi connectivity index (χ4n) is 4.17. The van der Waals surface area contributed by atoms with Crippen molar-refractivity contribution in [1.82, 2.24) is 19.7 Å². The molecule has 1 fully saturated rings. The Morgan fingerprint density at radius 3 is 2.65 bits per heavy atom. The van der Waals surface area contributed by atoms with Gasteiger partial charge in [0.1, 0.15) is 5.01 Å². The van der Waals surface area contributed by atoms with Crippen LogP contribution in [0.25, 0.3) is 0 Å².